The summed E-state index contributed by atoms with van der Waals surface area (Å²) in [5.74, 6) is 1.76. The van der Waals surface area contributed by atoms with Gasteiger partial charge in [-0.05, 0) is 30.7 Å². The lowest BCUT2D eigenvalue weighted by molar-refractivity contribution is 0.333. The number of aromatic nitrogens is 2. The Morgan fingerprint density at radius 1 is 1.26 bits per heavy atom. The molecule has 0 bridgehead atoms. The molecule has 0 saturated carbocycles. The highest BCUT2D eigenvalue weighted by molar-refractivity contribution is 6.17. The highest BCUT2D eigenvalue weighted by Gasteiger charge is 2.24. The molecule has 3 nitrogen and oxygen atoms in total. The molecule has 1 unspecified atom stereocenters. The maximum atomic E-state index is 5.90. The molecule has 1 aromatic rings. The topological polar surface area (TPSA) is 37.8 Å². The highest BCUT2D eigenvalue weighted by Crippen LogP contribution is 2.25. The molecule has 0 spiro atoms. The van der Waals surface area contributed by atoms with Gasteiger partial charge in [0.05, 0.1) is 0 Å². The minimum absolute atomic E-state index is 0.125. The van der Waals surface area contributed by atoms with Crippen molar-refractivity contribution in [2.75, 3.05) is 11.2 Å². The van der Waals surface area contributed by atoms with E-state index in [0.29, 0.717) is 17.7 Å². The zero-order valence-corrected chi connectivity index (χ0v) is 13.7. The molecule has 1 rings (SSSR count). The molecule has 1 aromatic heterocycles. The fourth-order valence-electron chi connectivity index (χ4n) is 1.94. The number of rotatable bonds is 5. The average molecular weight is 284 g/mol. The van der Waals surface area contributed by atoms with Gasteiger partial charge in [-0.15, -0.1) is 11.6 Å². The second-order valence-corrected chi connectivity index (χ2v) is 6.83. The van der Waals surface area contributed by atoms with Crippen LogP contribution in [0, 0.1) is 12.3 Å². The van der Waals surface area contributed by atoms with Gasteiger partial charge in [-0.1, -0.05) is 34.6 Å². The third kappa shape index (κ3) is 4.98. The van der Waals surface area contributed by atoms with Crippen LogP contribution in [0.15, 0.2) is 6.07 Å². The smallest absolute Gasteiger partial charge is 0.223 e. The summed E-state index contributed by atoms with van der Waals surface area (Å²) in [6.07, 6.45) is 0.902. The molecule has 0 aliphatic carbocycles. The molecular formula is C15H26ClN3. The Bertz CT molecular complexity index is 410. The number of nitrogens with one attached hydrogen (secondary N) is 1. The van der Waals surface area contributed by atoms with Crippen molar-refractivity contribution in [3.8, 4) is 0 Å². The fraction of sp³-hybridized carbons (Fsp3) is 0.733. The number of anilines is 1. The van der Waals surface area contributed by atoms with E-state index in [2.05, 4.69) is 49.9 Å². The Morgan fingerprint density at radius 3 is 2.37 bits per heavy atom. The summed E-state index contributed by atoms with van der Waals surface area (Å²) in [6.45, 7) is 12.9. The van der Waals surface area contributed by atoms with E-state index in [-0.39, 0.29) is 11.5 Å². The third-order valence-electron chi connectivity index (χ3n) is 3.21. The van der Waals surface area contributed by atoms with Crippen molar-refractivity contribution in [3.63, 3.8) is 0 Å². The van der Waals surface area contributed by atoms with Gasteiger partial charge in [0.15, 0.2) is 0 Å². The Morgan fingerprint density at radius 2 is 1.89 bits per heavy atom. The van der Waals surface area contributed by atoms with E-state index in [4.69, 9.17) is 11.6 Å². The maximum Gasteiger partial charge on any atom is 0.223 e. The van der Waals surface area contributed by atoms with E-state index in [1.165, 1.54) is 0 Å². The Hall–Kier alpha value is -0.830. The second kappa shape index (κ2) is 6.56. The largest absolute Gasteiger partial charge is 0.351 e. The third-order valence-corrected chi connectivity index (χ3v) is 3.43. The van der Waals surface area contributed by atoms with E-state index >= 15 is 0 Å². The molecule has 108 valence electrons. The number of halogens is 1. The van der Waals surface area contributed by atoms with Crippen LogP contribution in [0.4, 0.5) is 5.95 Å². The first kappa shape index (κ1) is 16.2. The van der Waals surface area contributed by atoms with Crippen LogP contribution in [0.25, 0.3) is 0 Å². The van der Waals surface area contributed by atoms with Crippen LogP contribution in [-0.2, 0) is 0 Å². The first-order valence-electron chi connectivity index (χ1n) is 6.92. The monoisotopic (exact) mass is 283 g/mol. The zero-order chi connectivity index (χ0) is 14.6. The molecule has 0 amide bonds. The van der Waals surface area contributed by atoms with Gasteiger partial charge >= 0.3 is 0 Å². The SMILES string of the molecule is Cc1cc(C(C)C)nc(NC(CCCl)C(C)(C)C)n1. The van der Waals surface area contributed by atoms with Crippen LogP contribution in [0.5, 0.6) is 0 Å². The minimum Gasteiger partial charge on any atom is -0.351 e. The molecule has 0 radical (unpaired) electrons. The van der Waals surface area contributed by atoms with Gasteiger partial charge in [0.1, 0.15) is 0 Å². The number of hydrogen-bond donors (Lipinski definition) is 1. The van der Waals surface area contributed by atoms with Gasteiger partial charge in [0.2, 0.25) is 5.95 Å². The molecule has 0 aliphatic rings. The maximum absolute atomic E-state index is 5.90. The van der Waals surface area contributed by atoms with E-state index in [1.807, 2.05) is 13.0 Å². The minimum atomic E-state index is 0.125. The van der Waals surface area contributed by atoms with Crippen LogP contribution in [0.2, 0.25) is 0 Å². The molecule has 19 heavy (non-hydrogen) atoms. The van der Waals surface area contributed by atoms with Crippen LogP contribution in [0.1, 0.15) is 58.3 Å². The standard InChI is InChI=1S/C15H26ClN3/c1-10(2)12-9-11(3)17-14(18-12)19-13(7-8-16)15(4,5)6/h9-10,13H,7-8H2,1-6H3,(H,17,18,19). The molecule has 4 heteroatoms. The predicted molar refractivity (Wildman–Crippen MR) is 83.1 cm³/mol. The van der Waals surface area contributed by atoms with E-state index < -0.39 is 0 Å². The van der Waals surface area contributed by atoms with Crippen molar-refractivity contribution < 1.29 is 0 Å². The Labute approximate surface area is 122 Å². The van der Waals surface area contributed by atoms with E-state index in [0.717, 1.165) is 17.8 Å². The second-order valence-electron chi connectivity index (χ2n) is 6.45. The van der Waals surface area contributed by atoms with Gasteiger partial charge in [-0.3, -0.25) is 0 Å². The van der Waals surface area contributed by atoms with Gasteiger partial charge < -0.3 is 5.32 Å². The van der Waals surface area contributed by atoms with Crippen molar-refractivity contribution in [1.29, 1.82) is 0 Å². The summed E-state index contributed by atoms with van der Waals surface area (Å²) in [5, 5.41) is 3.45. The molecule has 0 aliphatic heterocycles. The molecule has 1 atom stereocenters. The zero-order valence-electron chi connectivity index (χ0n) is 12.9. The van der Waals surface area contributed by atoms with Crippen LogP contribution < -0.4 is 5.32 Å². The predicted octanol–water partition coefficient (Wildman–Crippen LogP) is 4.36. The molecular weight excluding hydrogens is 258 g/mol. The van der Waals surface area contributed by atoms with E-state index in [9.17, 15) is 0 Å². The lowest BCUT2D eigenvalue weighted by Gasteiger charge is -2.31. The summed E-state index contributed by atoms with van der Waals surface area (Å²) in [7, 11) is 0. The van der Waals surface area contributed by atoms with Crippen molar-refractivity contribution in [1.82, 2.24) is 9.97 Å². The van der Waals surface area contributed by atoms with Gasteiger partial charge in [-0.25, -0.2) is 9.97 Å². The lowest BCUT2D eigenvalue weighted by atomic mass is 9.85. The number of aryl methyl sites for hydroxylation is 1. The Balaban J connectivity index is 2.96. The van der Waals surface area contributed by atoms with Crippen molar-refractivity contribution in [2.24, 2.45) is 5.41 Å². The first-order valence-corrected chi connectivity index (χ1v) is 7.45. The van der Waals surface area contributed by atoms with Crippen LogP contribution in [0.3, 0.4) is 0 Å². The van der Waals surface area contributed by atoms with Crippen LogP contribution >= 0.6 is 11.6 Å². The Kier molecular flexibility index (Phi) is 5.60. The van der Waals surface area contributed by atoms with Gasteiger partial charge in [-0.2, -0.15) is 0 Å². The van der Waals surface area contributed by atoms with Crippen molar-refractivity contribution in [2.45, 2.75) is 59.9 Å². The molecule has 1 N–H and O–H groups in total. The van der Waals surface area contributed by atoms with Crippen molar-refractivity contribution in [3.05, 3.63) is 17.5 Å². The summed E-state index contributed by atoms with van der Waals surface area (Å²) in [6, 6.07) is 2.32. The number of hydrogen-bond acceptors (Lipinski definition) is 3. The first-order chi connectivity index (χ1) is 8.74. The molecule has 0 fully saturated rings. The normalized spacial score (nSPS) is 13.7. The van der Waals surface area contributed by atoms with E-state index in [1.54, 1.807) is 0 Å². The molecule has 1 heterocycles. The average Bonchev–Trinajstić information content (AvgIpc) is 2.26. The quantitative estimate of drug-likeness (QED) is 0.816. The fourth-order valence-corrected chi connectivity index (χ4v) is 2.16. The number of nitrogens with zero attached hydrogens (tertiary/aromatic N) is 2. The summed E-state index contributed by atoms with van der Waals surface area (Å²) in [4.78, 5) is 9.09. The lowest BCUT2D eigenvalue weighted by Crippen LogP contribution is -2.35. The highest BCUT2D eigenvalue weighted by atomic mass is 35.5. The molecule has 0 aromatic carbocycles. The summed E-state index contributed by atoms with van der Waals surface area (Å²) in [5.41, 5.74) is 2.20. The summed E-state index contributed by atoms with van der Waals surface area (Å²) >= 11 is 5.90. The summed E-state index contributed by atoms with van der Waals surface area (Å²) < 4.78 is 0. The van der Waals surface area contributed by atoms with Gasteiger partial charge in [0.25, 0.3) is 0 Å². The number of alkyl halides is 1. The van der Waals surface area contributed by atoms with Crippen molar-refractivity contribution >= 4 is 17.5 Å². The molecule has 0 saturated heterocycles. The van der Waals surface area contributed by atoms with Crippen LogP contribution in [-0.4, -0.2) is 21.9 Å². The van der Waals surface area contributed by atoms with Gasteiger partial charge in [0, 0.05) is 23.3 Å².